The molecule has 1 fully saturated rings. The Kier molecular flexibility index (Phi) is 10.1. The molecule has 0 bridgehead atoms. The second-order valence-electron chi connectivity index (χ2n) is 8.71. The first-order chi connectivity index (χ1) is 18.1. The summed E-state index contributed by atoms with van der Waals surface area (Å²) in [4.78, 5) is 25.1. The van der Waals surface area contributed by atoms with Crippen LogP contribution >= 0.6 is 0 Å². The van der Waals surface area contributed by atoms with Crippen LogP contribution in [0.3, 0.4) is 0 Å². The van der Waals surface area contributed by atoms with E-state index in [-0.39, 0.29) is 36.5 Å². The maximum atomic E-state index is 12.7. The summed E-state index contributed by atoms with van der Waals surface area (Å²) in [5.41, 5.74) is 0.927. The van der Waals surface area contributed by atoms with Crippen LogP contribution in [0.1, 0.15) is 18.9 Å². The van der Waals surface area contributed by atoms with Crippen molar-refractivity contribution >= 4 is 11.9 Å². The topological polar surface area (TPSA) is 202 Å². The van der Waals surface area contributed by atoms with Crippen LogP contribution in [-0.2, 0) is 39.7 Å². The van der Waals surface area contributed by atoms with Crippen molar-refractivity contribution in [3.63, 3.8) is 0 Å². The highest BCUT2D eigenvalue weighted by Crippen LogP contribution is 2.36. The first-order valence-electron chi connectivity index (χ1n) is 11.8. The van der Waals surface area contributed by atoms with E-state index in [4.69, 9.17) is 23.7 Å². The number of carbonyl (C=O) groups is 2. The number of benzene rings is 1. The number of phenols is 2. The monoisotopic (exact) mass is 540 g/mol. The van der Waals surface area contributed by atoms with Gasteiger partial charge in [-0.2, -0.15) is 0 Å². The number of phenolic OH excluding ortho intramolecular Hbond substituents is 2. The van der Waals surface area contributed by atoms with Crippen LogP contribution in [0, 0.1) is 5.92 Å². The number of aliphatic hydroxyl groups excluding tert-OH is 4. The molecule has 0 unspecified atom stereocenters. The van der Waals surface area contributed by atoms with Gasteiger partial charge in [-0.05, 0) is 24.6 Å². The van der Waals surface area contributed by atoms with Gasteiger partial charge in [0.25, 0.3) is 0 Å². The zero-order chi connectivity index (χ0) is 28.0. The molecule has 38 heavy (non-hydrogen) atoms. The number of hydrogen-bond acceptors (Lipinski definition) is 13. The highest BCUT2D eigenvalue weighted by atomic mass is 16.8. The molecule has 7 atom stereocenters. The van der Waals surface area contributed by atoms with Crippen LogP contribution in [0.15, 0.2) is 41.7 Å². The first-order valence-corrected chi connectivity index (χ1v) is 11.8. The molecule has 6 N–H and O–H groups in total. The molecule has 3 rings (SSSR count). The minimum Gasteiger partial charge on any atom is -0.504 e. The Morgan fingerprint density at radius 2 is 1.82 bits per heavy atom. The number of rotatable bonds is 9. The average Bonchev–Trinajstić information content (AvgIpc) is 2.90. The lowest BCUT2D eigenvalue weighted by Crippen LogP contribution is -2.60. The van der Waals surface area contributed by atoms with Crippen LogP contribution in [0.5, 0.6) is 11.5 Å². The van der Waals surface area contributed by atoms with Gasteiger partial charge in [0, 0.05) is 17.9 Å². The van der Waals surface area contributed by atoms with E-state index >= 15 is 0 Å². The van der Waals surface area contributed by atoms with Crippen LogP contribution in [0.25, 0.3) is 0 Å². The number of carbonyl (C=O) groups excluding carboxylic acids is 2. The largest absolute Gasteiger partial charge is 0.504 e. The Morgan fingerprint density at radius 3 is 2.45 bits per heavy atom. The molecule has 13 heteroatoms. The molecule has 0 saturated carbocycles. The highest BCUT2D eigenvalue weighted by Gasteiger charge is 2.46. The van der Waals surface area contributed by atoms with Gasteiger partial charge in [-0.3, -0.25) is 4.79 Å². The fourth-order valence-electron chi connectivity index (χ4n) is 4.16. The smallest absolute Gasteiger partial charge is 0.337 e. The van der Waals surface area contributed by atoms with Crippen molar-refractivity contribution in [2.24, 2.45) is 5.92 Å². The second kappa shape index (κ2) is 13.0. The molecule has 0 aliphatic carbocycles. The molecule has 210 valence electrons. The third kappa shape index (κ3) is 6.62. The van der Waals surface area contributed by atoms with Crippen molar-refractivity contribution in [1.29, 1.82) is 0 Å². The van der Waals surface area contributed by atoms with Crippen molar-refractivity contribution in [2.75, 3.05) is 20.3 Å². The zero-order valence-electron chi connectivity index (χ0n) is 20.8. The Labute approximate surface area is 218 Å². The molecule has 2 aliphatic heterocycles. The molecular formula is C25H32O13. The Morgan fingerprint density at radius 1 is 1.08 bits per heavy atom. The van der Waals surface area contributed by atoms with Gasteiger partial charge in [0.05, 0.1) is 38.6 Å². The fourth-order valence-corrected chi connectivity index (χ4v) is 4.16. The predicted octanol–water partition coefficient (Wildman–Crippen LogP) is -0.634. The number of methoxy groups -OCH3 is 1. The minimum atomic E-state index is -1.69. The van der Waals surface area contributed by atoms with Crippen LogP contribution in [0.2, 0.25) is 0 Å². The normalized spacial score (nSPS) is 30.3. The number of ether oxygens (including phenoxy) is 5. The molecule has 1 aromatic carbocycles. The maximum absolute atomic E-state index is 12.7. The van der Waals surface area contributed by atoms with E-state index in [9.17, 15) is 40.2 Å². The van der Waals surface area contributed by atoms with Crippen molar-refractivity contribution < 1.29 is 63.9 Å². The van der Waals surface area contributed by atoms with Gasteiger partial charge < -0.3 is 54.3 Å². The molecular weight excluding hydrogens is 508 g/mol. The van der Waals surface area contributed by atoms with E-state index in [0.717, 1.165) is 13.4 Å². The summed E-state index contributed by atoms with van der Waals surface area (Å²) >= 11 is 0. The molecule has 0 spiro atoms. The number of aromatic hydroxyl groups is 2. The van der Waals surface area contributed by atoms with Crippen molar-refractivity contribution in [2.45, 2.75) is 56.8 Å². The summed E-state index contributed by atoms with van der Waals surface area (Å²) in [6.07, 6.45) is -6.39. The van der Waals surface area contributed by atoms with Gasteiger partial charge in [-0.25, -0.2) is 4.79 Å². The van der Waals surface area contributed by atoms with Gasteiger partial charge in [0.15, 0.2) is 17.8 Å². The predicted molar refractivity (Wildman–Crippen MR) is 126 cm³/mol. The lowest BCUT2D eigenvalue weighted by atomic mass is 9.86. The second-order valence-corrected chi connectivity index (χ2v) is 8.71. The lowest BCUT2D eigenvalue weighted by Gasteiger charge is -2.41. The Balaban J connectivity index is 1.71. The summed E-state index contributed by atoms with van der Waals surface area (Å²) in [5, 5.41) is 58.8. The zero-order valence-corrected chi connectivity index (χ0v) is 20.8. The minimum absolute atomic E-state index is 0.00894. The van der Waals surface area contributed by atoms with E-state index in [1.54, 1.807) is 19.1 Å². The van der Waals surface area contributed by atoms with Crippen LogP contribution in [0.4, 0.5) is 0 Å². The SMILES string of the molecule is C/C=C1\[C@H](O[C@@H]2O[C@H](CO)[C@@H](O)[C@H](O)[C@H]2O)OC=C(C(=O)OC)[C@H]1CC(=O)OCCc1ccc(O)c(O)c1. The average molecular weight is 541 g/mol. The molecule has 0 amide bonds. The van der Waals surface area contributed by atoms with Crippen molar-refractivity contribution in [3.8, 4) is 11.5 Å². The van der Waals surface area contributed by atoms with E-state index in [1.807, 2.05) is 0 Å². The quantitative estimate of drug-likeness (QED) is 0.131. The van der Waals surface area contributed by atoms with Gasteiger partial charge in [0.2, 0.25) is 6.29 Å². The highest BCUT2D eigenvalue weighted by molar-refractivity contribution is 5.90. The van der Waals surface area contributed by atoms with E-state index in [2.05, 4.69) is 0 Å². The molecule has 1 aromatic rings. The molecule has 2 aliphatic rings. The Hall–Kier alpha value is -3.20. The lowest BCUT2D eigenvalue weighted by molar-refractivity contribution is -0.327. The standard InChI is InChI=1S/C25H32O13/c1-3-13-14(9-19(29)35-7-6-12-4-5-16(27)17(28)8-12)15(23(33)34-2)11-36-24(13)38-25-22(32)21(31)20(30)18(10-26)37-25/h3-5,8,11,14,18,20-22,24-28,30-32H,6-7,9-10H2,1-2H3/b13-3-/t14-,18+,20+,21-,22+,24-,25-/m0/s1. The van der Waals surface area contributed by atoms with Gasteiger partial charge in [-0.1, -0.05) is 12.1 Å². The summed E-state index contributed by atoms with van der Waals surface area (Å²) < 4.78 is 26.7. The van der Waals surface area contributed by atoms with Crippen LogP contribution < -0.4 is 0 Å². The number of aliphatic hydroxyl groups is 4. The third-order valence-electron chi connectivity index (χ3n) is 6.29. The van der Waals surface area contributed by atoms with Gasteiger partial charge >= 0.3 is 11.9 Å². The summed E-state index contributed by atoms with van der Waals surface area (Å²) in [7, 11) is 1.16. The number of allylic oxidation sites excluding steroid dienone is 1. The first kappa shape index (κ1) is 29.4. The number of esters is 2. The van der Waals surface area contributed by atoms with Crippen molar-refractivity contribution in [1.82, 2.24) is 0 Å². The molecule has 0 radical (unpaired) electrons. The maximum Gasteiger partial charge on any atom is 0.337 e. The molecule has 1 saturated heterocycles. The molecule has 0 aromatic heterocycles. The molecule has 2 heterocycles. The summed E-state index contributed by atoms with van der Waals surface area (Å²) in [6, 6.07) is 4.23. The van der Waals surface area contributed by atoms with Crippen molar-refractivity contribution in [3.05, 3.63) is 47.2 Å². The van der Waals surface area contributed by atoms with E-state index < -0.39 is 61.5 Å². The molecule has 13 nitrogen and oxygen atoms in total. The summed E-state index contributed by atoms with van der Waals surface area (Å²) in [5.74, 6) is -2.89. The fraction of sp³-hybridized carbons (Fsp3) is 0.520. The van der Waals surface area contributed by atoms with Gasteiger partial charge in [-0.15, -0.1) is 0 Å². The summed E-state index contributed by atoms with van der Waals surface area (Å²) in [6.45, 7) is 0.912. The third-order valence-corrected chi connectivity index (χ3v) is 6.29. The van der Waals surface area contributed by atoms with E-state index in [0.29, 0.717) is 11.1 Å². The van der Waals surface area contributed by atoms with E-state index in [1.165, 1.54) is 12.1 Å². The Bertz CT molecular complexity index is 1050. The van der Waals surface area contributed by atoms with Crippen LogP contribution in [-0.4, -0.2) is 99.9 Å². The number of hydrogen-bond donors (Lipinski definition) is 6. The van der Waals surface area contributed by atoms with Gasteiger partial charge in [0.1, 0.15) is 24.4 Å².